The Morgan fingerprint density at radius 1 is 1.45 bits per heavy atom. The average molecular weight is 381 g/mol. The minimum absolute atomic E-state index is 0.0725. The van der Waals surface area contributed by atoms with E-state index in [1.807, 2.05) is 7.05 Å². The fourth-order valence-electron chi connectivity index (χ4n) is 2.67. The molecule has 7 heteroatoms. The number of sulfonamides is 1. The van der Waals surface area contributed by atoms with Gasteiger partial charge in [0, 0.05) is 17.5 Å². The maximum absolute atomic E-state index is 12.5. The van der Waals surface area contributed by atoms with Crippen molar-refractivity contribution in [2.45, 2.75) is 50.1 Å². The van der Waals surface area contributed by atoms with Crippen LogP contribution >= 0.6 is 27.3 Å². The first kappa shape index (κ1) is 16.4. The van der Waals surface area contributed by atoms with E-state index in [4.69, 9.17) is 0 Å². The zero-order chi connectivity index (χ0) is 14.8. The SMILES string of the molecule is CNCc1cc(S(=O)(=O)NC2CCCC(C)C2)c(Br)s1. The van der Waals surface area contributed by atoms with Crippen LogP contribution in [0.2, 0.25) is 0 Å². The highest BCUT2D eigenvalue weighted by molar-refractivity contribution is 9.11. The van der Waals surface area contributed by atoms with Crippen LogP contribution in [0.1, 0.15) is 37.5 Å². The lowest BCUT2D eigenvalue weighted by Crippen LogP contribution is -2.37. The van der Waals surface area contributed by atoms with Gasteiger partial charge in [-0.1, -0.05) is 19.8 Å². The summed E-state index contributed by atoms with van der Waals surface area (Å²) in [7, 11) is -1.58. The highest BCUT2D eigenvalue weighted by Gasteiger charge is 2.27. The van der Waals surface area contributed by atoms with Crippen LogP contribution in [-0.4, -0.2) is 21.5 Å². The zero-order valence-corrected chi connectivity index (χ0v) is 15.0. The Labute approximate surface area is 133 Å². The Balaban J connectivity index is 2.13. The molecule has 1 aromatic rings. The van der Waals surface area contributed by atoms with Crippen molar-refractivity contribution in [2.75, 3.05) is 7.05 Å². The van der Waals surface area contributed by atoms with Crippen LogP contribution in [0.4, 0.5) is 0 Å². The summed E-state index contributed by atoms with van der Waals surface area (Å²) in [5.74, 6) is 0.599. The second kappa shape index (κ2) is 6.87. The molecule has 0 spiro atoms. The summed E-state index contributed by atoms with van der Waals surface area (Å²) in [6.07, 6.45) is 4.18. The van der Waals surface area contributed by atoms with Gasteiger partial charge >= 0.3 is 0 Å². The largest absolute Gasteiger partial charge is 0.315 e. The van der Waals surface area contributed by atoms with Gasteiger partial charge in [-0.25, -0.2) is 13.1 Å². The zero-order valence-electron chi connectivity index (χ0n) is 11.8. The molecule has 0 saturated heterocycles. The van der Waals surface area contributed by atoms with Gasteiger partial charge in [-0.3, -0.25) is 0 Å². The molecule has 1 aliphatic carbocycles. The molecule has 2 rings (SSSR count). The van der Waals surface area contributed by atoms with Gasteiger partial charge in [-0.15, -0.1) is 11.3 Å². The van der Waals surface area contributed by atoms with Crippen molar-refractivity contribution in [3.8, 4) is 0 Å². The number of thiophene rings is 1. The van der Waals surface area contributed by atoms with Gasteiger partial charge in [-0.05, 0) is 47.8 Å². The molecule has 1 fully saturated rings. The molecule has 0 aliphatic heterocycles. The van der Waals surface area contributed by atoms with Crippen molar-refractivity contribution in [1.29, 1.82) is 0 Å². The van der Waals surface area contributed by atoms with Crippen LogP contribution < -0.4 is 10.0 Å². The normalized spacial score (nSPS) is 23.9. The van der Waals surface area contributed by atoms with Crippen LogP contribution in [0.15, 0.2) is 14.7 Å². The number of hydrogen-bond donors (Lipinski definition) is 2. The lowest BCUT2D eigenvalue weighted by Gasteiger charge is -2.27. The molecule has 2 atom stereocenters. The van der Waals surface area contributed by atoms with E-state index in [1.54, 1.807) is 6.07 Å². The van der Waals surface area contributed by atoms with E-state index < -0.39 is 10.0 Å². The Morgan fingerprint density at radius 2 is 2.20 bits per heavy atom. The third-order valence-corrected chi connectivity index (χ3v) is 7.38. The second-order valence-corrected chi connectivity index (χ2v) is 9.61. The number of nitrogens with one attached hydrogen (secondary N) is 2. The van der Waals surface area contributed by atoms with Gasteiger partial charge in [0.15, 0.2) is 0 Å². The molecule has 1 aliphatic rings. The fourth-order valence-corrected chi connectivity index (χ4v) is 6.64. The van der Waals surface area contributed by atoms with Gasteiger partial charge in [0.2, 0.25) is 10.0 Å². The molecule has 1 aromatic heterocycles. The van der Waals surface area contributed by atoms with Gasteiger partial charge in [0.1, 0.15) is 4.90 Å². The molecule has 1 saturated carbocycles. The lowest BCUT2D eigenvalue weighted by atomic mass is 9.88. The summed E-state index contributed by atoms with van der Waals surface area (Å²) < 4.78 is 28.5. The quantitative estimate of drug-likeness (QED) is 0.824. The maximum Gasteiger partial charge on any atom is 0.242 e. The molecule has 20 heavy (non-hydrogen) atoms. The molecule has 0 bridgehead atoms. The number of hydrogen-bond acceptors (Lipinski definition) is 4. The summed E-state index contributed by atoms with van der Waals surface area (Å²) in [4.78, 5) is 1.38. The number of rotatable bonds is 5. The van der Waals surface area contributed by atoms with E-state index in [9.17, 15) is 8.42 Å². The van der Waals surface area contributed by atoms with Crippen LogP contribution in [0, 0.1) is 5.92 Å². The van der Waals surface area contributed by atoms with Crippen LogP contribution in [0.25, 0.3) is 0 Å². The summed E-state index contributed by atoms with van der Waals surface area (Å²) in [5, 5.41) is 3.04. The van der Waals surface area contributed by atoms with Crippen LogP contribution in [0.3, 0.4) is 0 Å². The van der Waals surface area contributed by atoms with Gasteiger partial charge in [0.05, 0.1) is 3.79 Å². The summed E-state index contributed by atoms with van der Waals surface area (Å²) in [6, 6.07) is 1.82. The summed E-state index contributed by atoms with van der Waals surface area (Å²) in [6.45, 7) is 2.87. The highest BCUT2D eigenvalue weighted by atomic mass is 79.9. The van der Waals surface area contributed by atoms with Gasteiger partial charge in [-0.2, -0.15) is 0 Å². The first-order chi connectivity index (χ1) is 9.42. The molecule has 0 radical (unpaired) electrons. The number of halogens is 1. The van der Waals surface area contributed by atoms with Crippen molar-refractivity contribution >= 4 is 37.3 Å². The van der Waals surface area contributed by atoms with Crippen molar-refractivity contribution in [1.82, 2.24) is 10.0 Å². The predicted molar refractivity (Wildman–Crippen MR) is 86.5 cm³/mol. The van der Waals surface area contributed by atoms with Gasteiger partial charge < -0.3 is 5.32 Å². The Kier molecular flexibility index (Phi) is 5.64. The summed E-state index contributed by atoms with van der Waals surface area (Å²) in [5.41, 5.74) is 0. The second-order valence-electron chi connectivity index (χ2n) is 5.47. The topological polar surface area (TPSA) is 58.2 Å². The molecule has 0 amide bonds. The van der Waals surface area contributed by atoms with Crippen molar-refractivity contribution in [3.05, 3.63) is 14.7 Å². The minimum Gasteiger partial charge on any atom is -0.315 e. The molecular weight excluding hydrogens is 360 g/mol. The maximum atomic E-state index is 12.5. The molecule has 4 nitrogen and oxygen atoms in total. The smallest absolute Gasteiger partial charge is 0.242 e. The first-order valence-electron chi connectivity index (χ1n) is 6.87. The standard InChI is InChI=1S/C13H21BrN2O2S2/c1-9-4-3-5-10(6-9)16-20(17,18)12-7-11(8-15-2)19-13(12)14/h7,9-10,15-16H,3-6,8H2,1-2H3. The highest BCUT2D eigenvalue weighted by Crippen LogP contribution is 2.32. The third kappa shape index (κ3) is 4.04. The predicted octanol–water partition coefficient (Wildman–Crippen LogP) is 3.09. The van der Waals surface area contributed by atoms with Gasteiger partial charge in [0.25, 0.3) is 0 Å². The van der Waals surface area contributed by atoms with Crippen molar-refractivity contribution in [2.24, 2.45) is 5.92 Å². The molecule has 1 heterocycles. The van der Waals surface area contributed by atoms with E-state index in [0.717, 1.165) is 24.1 Å². The van der Waals surface area contributed by atoms with E-state index in [2.05, 4.69) is 32.9 Å². The average Bonchev–Trinajstić information content (AvgIpc) is 2.71. The lowest BCUT2D eigenvalue weighted by molar-refractivity contribution is 0.327. The molecular formula is C13H21BrN2O2S2. The van der Waals surface area contributed by atoms with E-state index in [-0.39, 0.29) is 6.04 Å². The minimum atomic E-state index is -3.43. The van der Waals surface area contributed by atoms with Crippen LogP contribution in [0.5, 0.6) is 0 Å². The molecule has 2 N–H and O–H groups in total. The van der Waals surface area contributed by atoms with E-state index in [1.165, 1.54) is 17.8 Å². The Bertz CT molecular complexity index is 557. The van der Waals surface area contributed by atoms with Crippen molar-refractivity contribution < 1.29 is 8.42 Å². The fraction of sp³-hybridized carbons (Fsp3) is 0.692. The molecule has 2 unspecified atom stereocenters. The molecule has 0 aromatic carbocycles. The first-order valence-corrected chi connectivity index (χ1v) is 9.96. The van der Waals surface area contributed by atoms with Crippen molar-refractivity contribution in [3.63, 3.8) is 0 Å². The summed E-state index contributed by atoms with van der Waals surface area (Å²) >= 11 is 4.83. The molecule has 114 valence electrons. The Hall–Kier alpha value is 0.0500. The monoisotopic (exact) mass is 380 g/mol. The third-order valence-electron chi connectivity index (χ3n) is 3.61. The van der Waals surface area contributed by atoms with E-state index in [0.29, 0.717) is 21.1 Å². The van der Waals surface area contributed by atoms with E-state index >= 15 is 0 Å². The van der Waals surface area contributed by atoms with Crippen LogP contribution in [-0.2, 0) is 16.6 Å². The Morgan fingerprint density at radius 3 is 2.85 bits per heavy atom.